The molecule has 0 spiro atoms. The van der Waals surface area contributed by atoms with Gasteiger partial charge in [0.25, 0.3) is 5.91 Å². The molecule has 5 rings (SSSR count). The van der Waals surface area contributed by atoms with E-state index in [1.807, 2.05) is 12.1 Å². The highest BCUT2D eigenvalue weighted by Crippen LogP contribution is 2.40. The molecule has 1 aromatic heterocycles. The van der Waals surface area contributed by atoms with Crippen LogP contribution in [-0.2, 0) is 13.0 Å². The van der Waals surface area contributed by atoms with Crippen molar-refractivity contribution >= 4 is 51.4 Å². The van der Waals surface area contributed by atoms with E-state index in [4.69, 9.17) is 27.9 Å². The van der Waals surface area contributed by atoms with Gasteiger partial charge in [-0.3, -0.25) is 9.69 Å². The molecule has 1 amide bonds. The number of ether oxygens (including phenoxy) is 1. The molecule has 33 heavy (non-hydrogen) atoms. The Labute approximate surface area is 205 Å². The molecule has 2 aliphatic heterocycles. The number of fused-ring (bicyclic) bond motifs is 3. The topological polar surface area (TPSA) is 70.7 Å². The summed E-state index contributed by atoms with van der Waals surface area (Å²) in [5.41, 5.74) is 3.06. The average Bonchev–Trinajstić information content (AvgIpc) is 3.17. The average molecular weight is 502 g/mol. The Balaban J connectivity index is 1.31. The second-order valence-electron chi connectivity index (χ2n) is 7.96. The monoisotopic (exact) mass is 501 g/mol. The highest BCUT2D eigenvalue weighted by molar-refractivity contribution is 7.16. The molecule has 3 heterocycles. The highest BCUT2D eigenvalue weighted by Gasteiger charge is 2.33. The first-order chi connectivity index (χ1) is 15.9. The molecule has 0 saturated carbocycles. The number of thiophene rings is 1. The number of hydrogen-bond donors (Lipinski definition) is 2. The number of rotatable bonds is 4. The summed E-state index contributed by atoms with van der Waals surface area (Å²) in [4.78, 5) is 29.0. The Morgan fingerprint density at radius 2 is 1.97 bits per heavy atom. The summed E-state index contributed by atoms with van der Waals surface area (Å²) < 4.78 is 5.44. The SMILES string of the molecule is CCN1CCc2c(sc3c2C(=O)N[C@H](c2ccc(OC(=O)c4ccc(Cl)cc4Cl)cc2)N3)C1. The van der Waals surface area contributed by atoms with Crippen LogP contribution in [0.15, 0.2) is 42.5 Å². The second-order valence-corrected chi connectivity index (χ2v) is 9.91. The number of esters is 1. The van der Waals surface area contributed by atoms with Crippen molar-refractivity contribution in [2.75, 3.05) is 18.4 Å². The number of hydrogen-bond acceptors (Lipinski definition) is 6. The van der Waals surface area contributed by atoms with Crippen molar-refractivity contribution < 1.29 is 14.3 Å². The molecule has 0 radical (unpaired) electrons. The molecular formula is C24H21Cl2N3O3S. The highest BCUT2D eigenvalue weighted by atomic mass is 35.5. The zero-order valence-corrected chi connectivity index (χ0v) is 20.1. The summed E-state index contributed by atoms with van der Waals surface area (Å²) in [5.74, 6) is -0.239. The zero-order chi connectivity index (χ0) is 23.1. The van der Waals surface area contributed by atoms with Crippen molar-refractivity contribution in [3.05, 3.63) is 79.6 Å². The van der Waals surface area contributed by atoms with Crippen LogP contribution in [0.4, 0.5) is 5.00 Å². The first kappa shape index (κ1) is 22.2. The lowest BCUT2D eigenvalue weighted by atomic mass is 10.0. The smallest absolute Gasteiger partial charge is 0.345 e. The fraction of sp³-hybridized carbons (Fsp3) is 0.250. The molecule has 2 aliphatic rings. The molecule has 0 aliphatic carbocycles. The maximum Gasteiger partial charge on any atom is 0.345 e. The third-order valence-corrected chi connectivity index (χ3v) is 7.63. The van der Waals surface area contributed by atoms with Gasteiger partial charge in [-0.05, 0) is 54.4 Å². The number of halogens is 2. The van der Waals surface area contributed by atoms with Crippen LogP contribution in [0.25, 0.3) is 0 Å². The molecule has 170 valence electrons. The summed E-state index contributed by atoms with van der Waals surface area (Å²) in [6.45, 7) is 5.03. The lowest BCUT2D eigenvalue weighted by molar-refractivity contribution is 0.0734. The quantitative estimate of drug-likeness (QED) is 0.364. The number of nitrogens with one attached hydrogen (secondary N) is 2. The number of carbonyl (C=O) groups is 2. The molecule has 2 aromatic carbocycles. The van der Waals surface area contributed by atoms with E-state index in [9.17, 15) is 9.59 Å². The minimum Gasteiger partial charge on any atom is -0.423 e. The molecule has 9 heteroatoms. The van der Waals surface area contributed by atoms with E-state index in [1.165, 1.54) is 22.6 Å². The Bertz CT molecular complexity index is 1240. The van der Waals surface area contributed by atoms with Gasteiger partial charge in [-0.25, -0.2) is 4.79 Å². The van der Waals surface area contributed by atoms with Crippen LogP contribution in [0.2, 0.25) is 10.0 Å². The maximum atomic E-state index is 12.9. The number of carbonyl (C=O) groups excluding carboxylic acids is 2. The third-order valence-electron chi connectivity index (χ3n) is 5.94. The van der Waals surface area contributed by atoms with Gasteiger partial charge in [-0.15, -0.1) is 11.3 Å². The van der Waals surface area contributed by atoms with Gasteiger partial charge < -0.3 is 15.4 Å². The van der Waals surface area contributed by atoms with E-state index in [0.29, 0.717) is 10.8 Å². The number of likely N-dealkylation sites (N-methyl/N-ethyl adjacent to an activating group) is 1. The summed E-state index contributed by atoms with van der Waals surface area (Å²) in [6, 6.07) is 11.6. The van der Waals surface area contributed by atoms with Crippen LogP contribution in [0.1, 0.15) is 49.8 Å². The van der Waals surface area contributed by atoms with Gasteiger partial charge in [0.05, 0.1) is 16.1 Å². The van der Waals surface area contributed by atoms with Crippen LogP contribution in [-0.4, -0.2) is 29.9 Å². The predicted octanol–water partition coefficient (Wildman–Crippen LogP) is 5.51. The van der Waals surface area contributed by atoms with Gasteiger partial charge in [0, 0.05) is 23.0 Å². The minimum absolute atomic E-state index is 0.0518. The largest absolute Gasteiger partial charge is 0.423 e. The molecular weight excluding hydrogens is 481 g/mol. The Morgan fingerprint density at radius 3 is 2.70 bits per heavy atom. The summed E-state index contributed by atoms with van der Waals surface area (Å²) in [7, 11) is 0. The molecule has 0 saturated heterocycles. The van der Waals surface area contributed by atoms with E-state index in [-0.39, 0.29) is 22.7 Å². The van der Waals surface area contributed by atoms with Gasteiger partial charge in [0.15, 0.2) is 0 Å². The summed E-state index contributed by atoms with van der Waals surface area (Å²) in [6.07, 6.45) is 0.537. The molecule has 1 atom stereocenters. The van der Waals surface area contributed by atoms with Crippen LogP contribution >= 0.6 is 34.5 Å². The maximum absolute atomic E-state index is 12.9. The summed E-state index contributed by atoms with van der Waals surface area (Å²) in [5, 5.41) is 8.11. The van der Waals surface area contributed by atoms with Crippen molar-refractivity contribution in [2.45, 2.75) is 26.1 Å². The summed E-state index contributed by atoms with van der Waals surface area (Å²) >= 11 is 13.6. The fourth-order valence-corrected chi connectivity index (χ4v) is 5.95. The molecule has 6 nitrogen and oxygen atoms in total. The normalized spacial score (nSPS) is 17.5. The lowest BCUT2D eigenvalue weighted by Gasteiger charge is -2.28. The van der Waals surface area contributed by atoms with Gasteiger partial charge in [0.1, 0.15) is 16.9 Å². The lowest BCUT2D eigenvalue weighted by Crippen LogP contribution is -2.38. The molecule has 0 bridgehead atoms. The van der Waals surface area contributed by atoms with Crippen molar-refractivity contribution in [3.8, 4) is 5.75 Å². The van der Waals surface area contributed by atoms with Gasteiger partial charge in [-0.1, -0.05) is 42.3 Å². The zero-order valence-electron chi connectivity index (χ0n) is 17.8. The van der Waals surface area contributed by atoms with Crippen molar-refractivity contribution in [1.29, 1.82) is 0 Å². The Hall–Kier alpha value is -2.58. The first-order valence-electron chi connectivity index (χ1n) is 10.6. The number of benzene rings is 2. The van der Waals surface area contributed by atoms with Crippen LogP contribution in [0.3, 0.4) is 0 Å². The third kappa shape index (κ3) is 4.34. The van der Waals surface area contributed by atoms with Gasteiger partial charge >= 0.3 is 5.97 Å². The van der Waals surface area contributed by atoms with Crippen LogP contribution in [0, 0.1) is 0 Å². The van der Waals surface area contributed by atoms with E-state index in [1.54, 1.807) is 29.5 Å². The molecule has 0 unspecified atom stereocenters. The fourth-order valence-electron chi connectivity index (χ4n) is 4.15. The van der Waals surface area contributed by atoms with E-state index in [0.717, 1.165) is 42.2 Å². The van der Waals surface area contributed by atoms with Crippen molar-refractivity contribution in [2.24, 2.45) is 0 Å². The van der Waals surface area contributed by atoms with Crippen molar-refractivity contribution in [3.63, 3.8) is 0 Å². The van der Waals surface area contributed by atoms with E-state index >= 15 is 0 Å². The minimum atomic E-state index is -0.566. The van der Waals surface area contributed by atoms with Gasteiger partial charge in [0.2, 0.25) is 0 Å². The molecule has 3 aromatic rings. The Kier molecular flexibility index (Phi) is 6.05. The van der Waals surface area contributed by atoms with Crippen LogP contribution in [0.5, 0.6) is 5.75 Å². The van der Waals surface area contributed by atoms with E-state index < -0.39 is 5.97 Å². The molecule has 2 N–H and O–H groups in total. The van der Waals surface area contributed by atoms with Crippen LogP contribution < -0.4 is 15.4 Å². The van der Waals surface area contributed by atoms with Gasteiger partial charge in [-0.2, -0.15) is 0 Å². The molecule has 0 fully saturated rings. The second kappa shape index (κ2) is 8.99. The predicted molar refractivity (Wildman–Crippen MR) is 131 cm³/mol. The standard InChI is InChI=1S/C24H21Cl2N3O3S/c1-2-29-10-9-17-19(12-29)33-23-20(17)22(30)27-21(28-23)13-3-6-15(7-4-13)32-24(31)16-8-5-14(25)11-18(16)26/h3-8,11,21,28H,2,9-10,12H2,1H3,(H,27,30)/t21-/m0/s1. The van der Waals surface area contributed by atoms with Crippen molar-refractivity contribution in [1.82, 2.24) is 10.2 Å². The number of amides is 1. The first-order valence-corrected chi connectivity index (χ1v) is 12.2. The number of nitrogens with zero attached hydrogens (tertiary/aromatic N) is 1. The van der Waals surface area contributed by atoms with E-state index in [2.05, 4.69) is 22.5 Å². The Morgan fingerprint density at radius 1 is 1.18 bits per heavy atom. The number of anilines is 1.